The molecule has 126 valence electrons. The van der Waals surface area contributed by atoms with E-state index in [1.54, 1.807) is 22.5 Å². The van der Waals surface area contributed by atoms with Gasteiger partial charge in [-0.1, -0.05) is 26.0 Å². The second kappa shape index (κ2) is 7.00. The molecule has 0 radical (unpaired) electrons. The first-order chi connectivity index (χ1) is 11.5. The molecule has 1 atom stereocenters. The minimum atomic E-state index is -0.242. The van der Waals surface area contributed by atoms with E-state index in [9.17, 15) is 9.59 Å². The molecule has 0 fully saturated rings. The fraction of sp³-hybridized carbons (Fsp3) is 0.353. The number of thiazole rings is 1. The molecule has 6 nitrogen and oxygen atoms in total. The fourth-order valence-corrected chi connectivity index (χ4v) is 3.31. The van der Waals surface area contributed by atoms with Gasteiger partial charge in [-0.15, -0.1) is 11.3 Å². The van der Waals surface area contributed by atoms with E-state index in [1.807, 2.05) is 18.2 Å². The Kier molecular flexibility index (Phi) is 4.80. The third kappa shape index (κ3) is 3.56. The van der Waals surface area contributed by atoms with Crippen LogP contribution in [0.1, 0.15) is 30.6 Å². The second-order valence-corrected chi connectivity index (χ2v) is 7.05. The number of nitrogens with one attached hydrogen (secondary N) is 2. The Labute approximate surface area is 144 Å². The lowest BCUT2D eigenvalue weighted by molar-refractivity contribution is -0.117. The molecule has 7 heteroatoms. The Balaban J connectivity index is 1.79. The third-order valence-corrected chi connectivity index (χ3v) is 4.49. The van der Waals surface area contributed by atoms with Gasteiger partial charge in [0.2, 0.25) is 5.91 Å². The number of hydrogen-bond donors (Lipinski definition) is 2. The highest BCUT2D eigenvalue weighted by atomic mass is 32.1. The molecule has 0 saturated heterocycles. The maximum Gasteiger partial charge on any atom is 0.258 e. The van der Waals surface area contributed by atoms with Crippen LogP contribution in [0, 0.1) is 5.92 Å². The molecule has 0 saturated carbocycles. The number of hydrogen-bond acceptors (Lipinski definition) is 5. The second-order valence-electron chi connectivity index (χ2n) is 6.15. The monoisotopic (exact) mass is 344 g/mol. The van der Waals surface area contributed by atoms with Crippen molar-refractivity contribution in [3.8, 4) is 0 Å². The summed E-state index contributed by atoms with van der Waals surface area (Å²) in [6.07, 6.45) is 2.20. The van der Waals surface area contributed by atoms with E-state index in [2.05, 4.69) is 29.5 Å². The van der Waals surface area contributed by atoms with Crippen molar-refractivity contribution in [1.82, 2.24) is 9.88 Å². The van der Waals surface area contributed by atoms with Crippen LogP contribution in [0.15, 0.2) is 35.8 Å². The van der Waals surface area contributed by atoms with Crippen molar-refractivity contribution >= 4 is 34.0 Å². The summed E-state index contributed by atoms with van der Waals surface area (Å²) < 4.78 is 0. The average molecular weight is 344 g/mol. The normalized spacial score (nSPS) is 16.7. The highest BCUT2D eigenvalue weighted by molar-refractivity contribution is 7.13. The predicted octanol–water partition coefficient (Wildman–Crippen LogP) is 3.02. The summed E-state index contributed by atoms with van der Waals surface area (Å²) in [4.78, 5) is 30.8. The Morgan fingerprint density at radius 2 is 2.21 bits per heavy atom. The van der Waals surface area contributed by atoms with E-state index in [4.69, 9.17) is 0 Å². The molecule has 1 aliphatic rings. The van der Waals surface area contributed by atoms with Gasteiger partial charge in [0.1, 0.15) is 12.7 Å². The minimum absolute atomic E-state index is 0.00284. The van der Waals surface area contributed by atoms with Gasteiger partial charge in [-0.25, -0.2) is 4.98 Å². The van der Waals surface area contributed by atoms with Gasteiger partial charge in [0.15, 0.2) is 5.13 Å². The molecule has 2 N–H and O–H groups in total. The molecule has 2 amide bonds. The fourth-order valence-electron chi connectivity index (χ4n) is 2.76. The summed E-state index contributed by atoms with van der Waals surface area (Å²) in [6.45, 7) is 4.19. The molecule has 0 bridgehead atoms. The molecule has 1 aromatic carbocycles. The number of rotatable bonds is 5. The van der Waals surface area contributed by atoms with Gasteiger partial charge in [0.05, 0.1) is 5.56 Å². The van der Waals surface area contributed by atoms with Crippen molar-refractivity contribution in [3.63, 3.8) is 0 Å². The van der Waals surface area contributed by atoms with Gasteiger partial charge in [0, 0.05) is 17.3 Å². The van der Waals surface area contributed by atoms with Crippen molar-refractivity contribution < 1.29 is 9.59 Å². The molecule has 1 aliphatic heterocycles. The van der Waals surface area contributed by atoms with Crippen molar-refractivity contribution in [2.24, 2.45) is 5.92 Å². The van der Waals surface area contributed by atoms with E-state index in [1.165, 1.54) is 11.3 Å². The lowest BCUT2D eigenvalue weighted by atomic mass is 10.0. The van der Waals surface area contributed by atoms with Crippen molar-refractivity contribution in [2.75, 3.05) is 17.2 Å². The number of fused-ring (bicyclic) bond motifs is 1. The molecular weight excluding hydrogens is 324 g/mol. The van der Waals surface area contributed by atoms with Crippen LogP contribution in [-0.4, -0.2) is 34.4 Å². The maximum absolute atomic E-state index is 12.8. The number of nitrogens with zero attached hydrogens (tertiary/aromatic N) is 2. The Morgan fingerprint density at radius 3 is 2.92 bits per heavy atom. The third-order valence-electron chi connectivity index (χ3n) is 3.80. The van der Waals surface area contributed by atoms with Gasteiger partial charge in [-0.05, 0) is 24.5 Å². The molecule has 0 spiro atoms. The molecule has 2 aromatic rings. The number of para-hydroxylation sites is 1. The van der Waals surface area contributed by atoms with E-state index in [0.717, 1.165) is 12.1 Å². The lowest BCUT2D eigenvalue weighted by Gasteiger charge is -2.38. The molecule has 1 aromatic heterocycles. The zero-order valence-corrected chi connectivity index (χ0v) is 14.5. The van der Waals surface area contributed by atoms with Gasteiger partial charge < -0.3 is 15.5 Å². The quantitative estimate of drug-likeness (QED) is 0.874. The zero-order valence-electron chi connectivity index (χ0n) is 13.7. The van der Waals surface area contributed by atoms with Crippen LogP contribution >= 0.6 is 11.3 Å². The molecule has 3 rings (SSSR count). The van der Waals surface area contributed by atoms with Gasteiger partial charge in [-0.3, -0.25) is 9.59 Å². The first-order valence-corrected chi connectivity index (χ1v) is 8.78. The van der Waals surface area contributed by atoms with Crippen LogP contribution in [0.25, 0.3) is 0 Å². The SMILES string of the molecule is CC(C)C[C@@H]1Nc2ccccc2C(=O)N1CC(=O)Nc1nccs1. The number of carbonyl (C=O) groups is 2. The number of anilines is 2. The smallest absolute Gasteiger partial charge is 0.258 e. The number of aromatic nitrogens is 1. The Hall–Kier alpha value is -2.41. The highest BCUT2D eigenvalue weighted by Crippen LogP contribution is 2.27. The van der Waals surface area contributed by atoms with Gasteiger partial charge in [-0.2, -0.15) is 0 Å². The largest absolute Gasteiger partial charge is 0.364 e. The standard InChI is InChI=1S/C17H20N4O2S/c1-11(2)9-14-19-13-6-4-3-5-12(13)16(23)21(14)10-15(22)20-17-18-7-8-24-17/h3-8,11,14,19H,9-10H2,1-2H3,(H,18,20,22)/t14-/m1/s1. The Bertz CT molecular complexity index is 730. The summed E-state index contributed by atoms with van der Waals surface area (Å²) in [5, 5.41) is 8.45. The lowest BCUT2D eigenvalue weighted by Crippen LogP contribution is -2.52. The zero-order chi connectivity index (χ0) is 17.1. The molecule has 0 aliphatic carbocycles. The first kappa shape index (κ1) is 16.4. The van der Waals surface area contributed by atoms with Crippen LogP contribution in [0.5, 0.6) is 0 Å². The van der Waals surface area contributed by atoms with Crippen LogP contribution in [0.2, 0.25) is 0 Å². The van der Waals surface area contributed by atoms with E-state index in [-0.39, 0.29) is 24.5 Å². The summed E-state index contributed by atoms with van der Waals surface area (Å²) in [5.74, 6) is 0.0302. The van der Waals surface area contributed by atoms with E-state index >= 15 is 0 Å². The van der Waals surface area contributed by atoms with Crippen molar-refractivity contribution in [3.05, 3.63) is 41.4 Å². The first-order valence-electron chi connectivity index (χ1n) is 7.90. The average Bonchev–Trinajstić information content (AvgIpc) is 3.03. The van der Waals surface area contributed by atoms with Gasteiger partial charge >= 0.3 is 0 Å². The Morgan fingerprint density at radius 1 is 1.42 bits per heavy atom. The van der Waals surface area contributed by atoms with Crippen LogP contribution in [0.3, 0.4) is 0 Å². The minimum Gasteiger partial charge on any atom is -0.364 e. The number of carbonyl (C=O) groups excluding carboxylic acids is 2. The van der Waals surface area contributed by atoms with E-state index in [0.29, 0.717) is 16.6 Å². The molecule has 0 unspecified atom stereocenters. The number of benzene rings is 1. The van der Waals surface area contributed by atoms with Crippen LogP contribution in [-0.2, 0) is 4.79 Å². The molecule has 24 heavy (non-hydrogen) atoms. The number of amides is 2. The summed E-state index contributed by atoms with van der Waals surface area (Å²) >= 11 is 1.35. The van der Waals surface area contributed by atoms with Gasteiger partial charge in [0.25, 0.3) is 5.91 Å². The summed E-state index contributed by atoms with van der Waals surface area (Å²) in [6, 6.07) is 7.40. The topological polar surface area (TPSA) is 74.3 Å². The molecule has 2 heterocycles. The summed E-state index contributed by atoms with van der Waals surface area (Å²) in [7, 11) is 0. The predicted molar refractivity (Wildman–Crippen MR) is 95.1 cm³/mol. The van der Waals surface area contributed by atoms with Crippen LogP contribution in [0.4, 0.5) is 10.8 Å². The highest BCUT2D eigenvalue weighted by Gasteiger charge is 2.33. The van der Waals surface area contributed by atoms with E-state index < -0.39 is 0 Å². The van der Waals surface area contributed by atoms with Crippen molar-refractivity contribution in [2.45, 2.75) is 26.4 Å². The van der Waals surface area contributed by atoms with Crippen molar-refractivity contribution in [1.29, 1.82) is 0 Å². The summed E-state index contributed by atoms with van der Waals surface area (Å²) in [5.41, 5.74) is 1.42. The maximum atomic E-state index is 12.8. The van der Waals surface area contributed by atoms with Crippen LogP contribution < -0.4 is 10.6 Å². The molecular formula is C17H20N4O2S.